The normalized spacial score (nSPS) is 15.1. The number of rotatable bonds is 3. The van der Waals surface area contributed by atoms with E-state index >= 15 is 0 Å². The number of amides is 2. The number of carbonyl (C=O) groups excluding carboxylic acids is 1. The van der Waals surface area contributed by atoms with E-state index in [2.05, 4.69) is 37.4 Å². The second-order valence-corrected chi connectivity index (χ2v) is 6.46. The minimum absolute atomic E-state index is 0.360. The molecule has 1 fully saturated rings. The van der Waals surface area contributed by atoms with E-state index in [1.54, 1.807) is 30.6 Å². The predicted molar refractivity (Wildman–Crippen MR) is 101 cm³/mol. The van der Waals surface area contributed by atoms with Crippen molar-refractivity contribution in [2.24, 2.45) is 0 Å². The number of hydrogen-bond donors (Lipinski definition) is 2. The molecule has 1 aliphatic heterocycles. The van der Waals surface area contributed by atoms with Crippen LogP contribution in [0.15, 0.2) is 30.6 Å². The fourth-order valence-electron chi connectivity index (χ4n) is 2.58. The average Bonchev–Trinajstić information content (AvgIpc) is 2.60. The molecule has 0 atom stereocenters. The topological polar surface area (TPSA) is 73.4 Å². The second-order valence-electron chi connectivity index (χ2n) is 6.05. The van der Waals surface area contributed by atoms with Crippen LogP contribution < -0.4 is 15.5 Å². The number of carbonyl (C=O) groups is 1. The van der Waals surface area contributed by atoms with Crippen molar-refractivity contribution in [3.63, 3.8) is 0 Å². The molecule has 0 aliphatic carbocycles. The summed E-state index contributed by atoms with van der Waals surface area (Å²) in [5.74, 6) is 0.685. The number of piperazine rings is 1. The number of aromatic nitrogens is 2. The van der Waals surface area contributed by atoms with Gasteiger partial charge in [-0.1, -0.05) is 17.7 Å². The van der Waals surface area contributed by atoms with E-state index in [9.17, 15) is 4.79 Å². The first kappa shape index (κ1) is 17.4. The van der Waals surface area contributed by atoms with Gasteiger partial charge in [0.2, 0.25) is 5.95 Å². The quantitative estimate of drug-likeness (QED) is 0.880. The Morgan fingerprint density at radius 3 is 2.48 bits per heavy atom. The largest absolute Gasteiger partial charge is 0.338 e. The van der Waals surface area contributed by atoms with E-state index in [1.165, 1.54) is 0 Å². The van der Waals surface area contributed by atoms with Crippen LogP contribution in [0.5, 0.6) is 0 Å². The smallest absolute Gasteiger partial charge is 0.323 e. The number of likely N-dealkylation sites (N-methyl/N-ethyl adjacent to an activating group) is 1. The van der Waals surface area contributed by atoms with E-state index in [0.717, 1.165) is 31.7 Å². The third kappa shape index (κ3) is 4.37. The Bertz CT molecular complexity index is 743. The van der Waals surface area contributed by atoms with Crippen LogP contribution in [0.4, 0.5) is 22.1 Å². The van der Waals surface area contributed by atoms with Crippen LogP contribution >= 0.6 is 11.6 Å². The number of urea groups is 1. The number of hydrogen-bond acceptors (Lipinski definition) is 5. The van der Waals surface area contributed by atoms with Gasteiger partial charge in [0, 0.05) is 36.9 Å². The summed E-state index contributed by atoms with van der Waals surface area (Å²) in [6.45, 7) is 5.64. The summed E-state index contributed by atoms with van der Waals surface area (Å²) >= 11 is 6.06. The third-order valence-corrected chi connectivity index (χ3v) is 4.61. The van der Waals surface area contributed by atoms with Crippen LogP contribution in [0, 0.1) is 6.92 Å². The molecule has 132 valence electrons. The third-order valence-electron chi connectivity index (χ3n) is 4.20. The molecule has 8 heteroatoms. The molecule has 0 radical (unpaired) electrons. The van der Waals surface area contributed by atoms with Crippen LogP contribution in [0.2, 0.25) is 5.02 Å². The van der Waals surface area contributed by atoms with Crippen LogP contribution in [0.1, 0.15) is 5.56 Å². The summed E-state index contributed by atoms with van der Waals surface area (Å²) < 4.78 is 0. The maximum atomic E-state index is 12.1. The lowest BCUT2D eigenvalue weighted by Crippen LogP contribution is -2.45. The Hall–Kier alpha value is -2.38. The SMILES string of the molecule is Cc1c(Cl)cccc1NC(=O)Nc1cnc(N2CCN(C)CC2)nc1. The van der Waals surface area contributed by atoms with Crippen molar-refractivity contribution in [2.75, 3.05) is 48.8 Å². The molecule has 2 aromatic rings. The van der Waals surface area contributed by atoms with Crippen molar-refractivity contribution in [3.8, 4) is 0 Å². The summed E-state index contributed by atoms with van der Waals surface area (Å²) in [4.78, 5) is 25.2. The molecule has 1 saturated heterocycles. The number of anilines is 3. The molecule has 0 spiro atoms. The first-order valence-electron chi connectivity index (χ1n) is 8.11. The molecule has 2 heterocycles. The van der Waals surface area contributed by atoms with Gasteiger partial charge in [-0.3, -0.25) is 0 Å². The van der Waals surface area contributed by atoms with Gasteiger partial charge < -0.3 is 20.4 Å². The van der Waals surface area contributed by atoms with E-state index in [-0.39, 0.29) is 6.03 Å². The maximum Gasteiger partial charge on any atom is 0.323 e. The highest BCUT2D eigenvalue weighted by molar-refractivity contribution is 6.31. The highest BCUT2D eigenvalue weighted by atomic mass is 35.5. The zero-order chi connectivity index (χ0) is 17.8. The van der Waals surface area contributed by atoms with Crippen molar-refractivity contribution in [2.45, 2.75) is 6.92 Å². The molecule has 1 aromatic carbocycles. The van der Waals surface area contributed by atoms with Crippen molar-refractivity contribution >= 4 is 35.0 Å². The van der Waals surface area contributed by atoms with Crippen molar-refractivity contribution in [3.05, 3.63) is 41.2 Å². The van der Waals surface area contributed by atoms with E-state index < -0.39 is 0 Å². The average molecular weight is 361 g/mol. The molecule has 0 bridgehead atoms. The molecule has 2 N–H and O–H groups in total. The monoisotopic (exact) mass is 360 g/mol. The zero-order valence-electron chi connectivity index (χ0n) is 14.3. The predicted octanol–water partition coefficient (Wildman–Crippen LogP) is 2.83. The molecule has 7 nitrogen and oxygen atoms in total. The van der Waals surface area contributed by atoms with Crippen LogP contribution in [-0.4, -0.2) is 54.1 Å². The van der Waals surface area contributed by atoms with Gasteiger partial charge >= 0.3 is 6.03 Å². The van der Waals surface area contributed by atoms with Gasteiger partial charge in [0.1, 0.15) is 0 Å². The molecule has 1 aromatic heterocycles. The number of benzene rings is 1. The van der Waals surface area contributed by atoms with Gasteiger partial charge in [-0.05, 0) is 31.7 Å². The summed E-state index contributed by atoms with van der Waals surface area (Å²) in [5.41, 5.74) is 2.02. The van der Waals surface area contributed by atoms with Crippen LogP contribution in [0.25, 0.3) is 0 Å². The van der Waals surface area contributed by atoms with E-state index in [0.29, 0.717) is 22.3 Å². The molecule has 0 saturated carbocycles. The molecule has 0 unspecified atom stereocenters. The second kappa shape index (κ2) is 7.67. The zero-order valence-corrected chi connectivity index (χ0v) is 15.0. The highest BCUT2D eigenvalue weighted by Gasteiger charge is 2.16. The van der Waals surface area contributed by atoms with Gasteiger partial charge in [0.25, 0.3) is 0 Å². The Morgan fingerprint density at radius 1 is 1.12 bits per heavy atom. The fourth-order valence-corrected chi connectivity index (χ4v) is 2.76. The van der Waals surface area contributed by atoms with E-state index in [1.807, 2.05) is 6.92 Å². The molecule has 2 amide bonds. The fraction of sp³-hybridized carbons (Fsp3) is 0.353. The lowest BCUT2D eigenvalue weighted by atomic mass is 10.2. The first-order chi connectivity index (χ1) is 12.0. The Morgan fingerprint density at radius 2 is 1.80 bits per heavy atom. The summed E-state index contributed by atoms with van der Waals surface area (Å²) in [6, 6.07) is 5.01. The van der Waals surface area contributed by atoms with Gasteiger partial charge in [-0.2, -0.15) is 0 Å². The number of nitrogens with one attached hydrogen (secondary N) is 2. The van der Waals surface area contributed by atoms with Crippen molar-refractivity contribution < 1.29 is 4.79 Å². The lowest BCUT2D eigenvalue weighted by molar-refractivity contribution is 0.262. The van der Waals surface area contributed by atoms with Crippen LogP contribution in [-0.2, 0) is 0 Å². The minimum Gasteiger partial charge on any atom is -0.338 e. The molecular formula is C17H21ClN6O. The highest BCUT2D eigenvalue weighted by Crippen LogP contribution is 2.23. The van der Waals surface area contributed by atoms with Gasteiger partial charge in [-0.15, -0.1) is 0 Å². The first-order valence-corrected chi connectivity index (χ1v) is 8.49. The van der Waals surface area contributed by atoms with Crippen molar-refractivity contribution in [1.82, 2.24) is 14.9 Å². The molecule has 25 heavy (non-hydrogen) atoms. The Labute approximate surface area is 152 Å². The summed E-state index contributed by atoms with van der Waals surface area (Å²) in [5, 5.41) is 6.11. The number of halogens is 1. The number of nitrogens with zero attached hydrogens (tertiary/aromatic N) is 4. The van der Waals surface area contributed by atoms with Gasteiger partial charge in [0.05, 0.1) is 18.1 Å². The molecule has 1 aliphatic rings. The minimum atomic E-state index is -0.360. The lowest BCUT2D eigenvalue weighted by Gasteiger charge is -2.32. The van der Waals surface area contributed by atoms with Crippen molar-refractivity contribution in [1.29, 1.82) is 0 Å². The standard InChI is InChI=1S/C17H21ClN6O/c1-12-14(18)4-3-5-15(12)22-17(25)21-13-10-19-16(20-11-13)24-8-6-23(2)7-9-24/h3-5,10-11H,6-9H2,1-2H3,(H2,21,22,25). The Balaban J connectivity index is 1.59. The molecular weight excluding hydrogens is 340 g/mol. The van der Waals surface area contributed by atoms with Crippen LogP contribution in [0.3, 0.4) is 0 Å². The summed E-state index contributed by atoms with van der Waals surface area (Å²) in [7, 11) is 2.10. The van der Waals surface area contributed by atoms with E-state index in [4.69, 9.17) is 11.6 Å². The maximum absolute atomic E-state index is 12.1. The molecule has 3 rings (SSSR count). The summed E-state index contributed by atoms with van der Waals surface area (Å²) in [6.07, 6.45) is 3.23. The Kier molecular flexibility index (Phi) is 5.35. The van der Waals surface area contributed by atoms with Gasteiger partial charge in [-0.25, -0.2) is 14.8 Å². The van der Waals surface area contributed by atoms with Gasteiger partial charge in [0.15, 0.2) is 0 Å².